The van der Waals surface area contributed by atoms with Crippen LogP contribution in [-0.4, -0.2) is 0 Å². The van der Waals surface area contributed by atoms with Crippen molar-refractivity contribution in [2.45, 2.75) is 46.5 Å². The van der Waals surface area contributed by atoms with Crippen LogP contribution in [0.1, 0.15) is 46.5 Å². The maximum absolute atomic E-state index is 2.56. The van der Waals surface area contributed by atoms with Crippen molar-refractivity contribution in [1.82, 2.24) is 0 Å². The fraction of sp³-hybridized carbons (Fsp3) is 1.00. The normalized spacial score (nSPS) is 81.8. The van der Waals surface area contributed by atoms with Gasteiger partial charge in [-0.2, -0.15) is 0 Å². The van der Waals surface area contributed by atoms with Gasteiger partial charge in [0, 0.05) is 0 Å². The second-order valence-electron chi connectivity index (χ2n) is 6.95. The molecule has 0 nitrogen and oxygen atoms in total. The summed E-state index contributed by atoms with van der Waals surface area (Å²) in [6.45, 7) is 7.67. The summed E-state index contributed by atoms with van der Waals surface area (Å²) in [6, 6.07) is 0. The average Bonchev–Trinajstić information content (AvgIpc) is 1.78. The lowest BCUT2D eigenvalue weighted by atomic mass is 9.05. The quantitative estimate of drug-likeness (QED) is 0.513. The smallest absolute Gasteiger partial charge is 0.0106 e. The fourth-order valence-electron chi connectivity index (χ4n) is 7.46. The highest BCUT2D eigenvalue weighted by Gasteiger charge is 2.94. The Labute approximate surface area is 74.7 Å². The van der Waals surface area contributed by atoms with Gasteiger partial charge in [-0.05, 0) is 53.3 Å². The van der Waals surface area contributed by atoms with E-state index < -0.39 is 0 Å². The van der Waals surface area contributed by atoms with Gasteiger partial charge in [0.1, 0.15) is 0 Å². The van der Waals surface area contributed by atoms with Crippen molar-refractivity contribution >= 4 is 0 Å². The SMILES string of the molecule is CC12CC3CC4(C)CC(C)(C1)C324. The summed E-state index contributed by atoms with van der Waals surface area (Å²) in [4.78, 5) is 0. The Morgan fingerprint density at radius 1 is 0.833 bits per heavy atom. The highest BCUT2D eigenvalue weighted by Crippen LogP contribution is 3.01. The van der Waals surface area contributed by atoms with Crippen molar-refractivity contribution < 1.29 is 0 Å². The zero-order valence-corrected chi connectivity index (χ0v) is 8.41. The summed E-state index contributed by atoms with van der Waals surface area (Å²) in [5, 5.41) is 0. The van der Waals surface area contributed by atoms with Crippen LogP contribution in [0.2, 0.25) is 0 Å². The van der Waals surface area contributed by atoms with Crippen LogP contribution in [0, 0.1) is 27.6 Å². The van der Waals surface area contributed by atoms with Crippen LogP contribution >= 0.6 is 0 Å². The average molecular weight is 162 g/mol. The highest BCUT2D eigenvalue weighted by atomic mass is 15.0. The van der Waals surface area contributed by atoms with E-state index in [0.29, 0.717) is 0 Å². The minimum absolute atomic E-state index is 0.803. The van der Waals surface area contributed by atoms with Crippen molar-refractivity contribution in [3.63, 3.8) is 0 Å². The first-order valence-electron chi connectivity index (χ1n) is 5.48. The molecule has 4 aliphatic rings. The molecule has 0 bridgehead atoms. The maximum atomic E-state index is 2.56. The van der Waals surface area contributed by atoms with Gasteiger partial charge in [-0.15, -0.1) is 0 Å². The molecule has 4 saturated carbocycles. The maximum Gasteiger partial charge on any atom is -0.0106 e. The van der Waals surface area contributed by atoms with Crippen molar-refractivity contribution in [1.29, 1.82) is 0 Å². The second-order valence-corrected chi connectivity index (χ2v) is 6.95. The van der Waals surface area contributed by atoms with E-state index in [2.05, 4.69) is 20.8 Å². The molecule has 0 radical (unpaired) electrons. The lowest BCUT2D eigenvalue weighted by molar-refractivity contribution is -0.509. The molecule has 0 heteroatoms. The molecule has 12 heavy (non-hydrogen) atoms. The third-order valence-corrected chi connectivity index (χ3v) is 6.42. The Balaban J connectivity index is 1.91. The highest BCUT2D eigenvalue weighted by molar-refractivity contribution is 5.42. The molecule has 0 aromatic heterocycles. The number of hydrogen-bond acceptors (Lipinski definition) is 0. The third kappa shape index (κ3) is 0.268. The Kier molecular flexibility index (Phi) is 0.616. The van der Waals surface area contributed by atoms with Gasteiger partial charge in [0.25, 0.3) is 0 Å². The minimum Gasteiger partial charge on any atom is -0.0590 e. The summed E-state index contributed by atoms with van der Waals surface area (Å²) in [5.41, 5.74) is 3.28. The first-order chi connectivity index (χ1) is 5.48. The van der Waals surface area contributed by atoms with Gasteiger partial charge in [-0.1, -0.05) is 20.8 Å². The Bertz CT molecular complexity index is 265. The molecule has 2 atom stereocenters. The molecule has 0 amide bonds. The molecule has 2 unspecified atom stereocenters. The van der Waals surface area contributed by atoms with Gasteiger partial charge >= 0.3 is 0 Å². The van der Waals surface area contributed by atoms with Gasteiger partial charge in [-0.3, -0.25) is 0 Å². The summed E-state index contributed by atoms with van der Waals surface area (Å²) in [6.07, 6.45) is 6.23. The van der Waals surface area contributed by atoms with Crippen LogP contribution in [0.15, 0.2) is 0 Å². The molecule has 0 aromatic rings. The van der Waals surface area contributed by atoms with Crippen LogP contribution < -0.4 is 0 Å². The Hall–Kier alpha value is 0. The Morgan fingerprint density at radius 3 is 1.50 bits per heavy atom. The van der Waals surface area contributed by atoms with E-state index in [1.54, 1.807) is 25.7 Å². The molecule has 1 spiro atoms. The lowest BCUT2D eigenvalue weighted by Gasteiger charge is -2.99. The summed E-state index contributed by atoms with van der Waals surface area (Å²) in [5.74, 6) is 1.15. The largest absolute Gasteiger partial charge is 0.0590 e. The summed E-state index contributed by atoms with van der Waals surface area (Å²) < 4.78 is 0. The van der Waals surface area contributed by atoms with E-state index in [0.717, 1.165) is 27.6 Å². The van der Waals surface area contributed by atoms with Crippen LogP contribution in [0.25, 0.3) is 0 Å². The van der Waals surface area contributed by atoms with Crippen molar-refractivity contribution in [3.05, 3.63) is 0 Å². The fourth-order valence-corrected chi connectivity index (χ4v) is 7.46. The van der Waals surface area contributed by atoms with Gasteiger partial charge < -0.3 is 0 Å². The van der Waals surface area contributed by atoms with Crippen LogP contribution in [-0.2, 0) is 0 Å². The molecule has 66 valence electrons. The zero-order valence-electron chi connectivity index (χ0n) is 8.41. The molecular formula is C12H18. The van der Waals surface area contributed by atoms with E-state index in [9.17, 15) is 0 Å². The van der Waals surface area contributed by atoms with Gasteiger partial charge in [-0.25, -0.2) is 0 Å². The first-order valence-corrected chi connectivity index (χ1v) is 5.48. The topological polar surface area (TPSA) is 0 Å². The minimum atomic E-state index is 0.803. The predicted octanol–water partition coefficient (Wildman–Crippen LogP) is 3.22. The van der Waals surface area contributed by atoms with E-state index in [1.807, 2.05) is 0 Å². The molecule has 4 fully saturated rings. The third-order valence-electron chi connectivity index (χ3n) is 6.42. The van der Waals surface area contributed by atoms with Crippen LogP contribution in [0.4, 0.5) is 0 Å². The van der Waals surface area contributed by atoms with Crippen molar-refractivity contribution in [3.8, 4) is 0 Å². The van der Waals surface area contributed by atoms with E-state index in [4.69, 9.17) is 0 Å². The molecule has 0 aromatic carbocycles. The molecule has 0 N–H and O–H groups in total. The monoisotopic (exact) mass is 162 g/mol. The van der Waals surface area contributed by atoms with E-state index in [-0.39, 0.29) is 0 Å². The first kappa shape index (κ1) is 6.45. The summed E-state index contributed by atoms with van der Waals surface area (Å²) >= 11 is 0. The standard InChI is InChI=1S/C12H18/c1-9-4-8-5-10(2)7-11(3,6-9)12(8,9)10/h8H,4-7H2,1-3H3. The lowest BCUT2D eigenvalue weighted by Crippen LogP contribution is -2.92. The molecule has 0 aliphatic heterocycles. The van der Waals surface area contributed by atoms with E-state index >= 15 is 0 Å². The number of hydrogen-bond donors (Lipinski definition) is 0. The van der Waals surface area contributed by atoms with Crippen molar-refractivity contribution in [2.24, 2.45) is 27.6 Å². The van der Waals surface area contributed by atoms with Gasteiger partial charge in [0.05, 0.1) is 0 Å². The van der Waals surface area contributed by atoms with Crippen LogP contribution in [0.3, 0.4) is 0 Å². The molecule has 4 aliphatic carbocycles. The molecular weight excluding hydrogens is 144 g/mol. The van der Waals surface area contributed by atoms with Gasteiger partial charge in [0.15, 0.2) is 0 Å². The van der Waals surface area contributed by atoms with Gasteiger partial charge in [0.2, 0.25) is 0 Å². The number of rotatable bonds is 0. The Morgan fingerprint density at radius 2 is 1.33 bits per heavy atom. The molecule has 4 rings (SSSR count). The zero-order chi connectivity index (χ0) is 8.41. The van der Waals surface area contributed by atoms with E-state index in [1.165, 1.54) is 0 Å². The predicted molar refractivity (Wildman–Crippen MR) is 48.7 cm³/mol. The van der Waals surface area contributed by atoms with Crippen LogP contribution in [0.5, 0.6) is 0 Å². The van der Waals surface area contributed by atoms with Crippen molar-refractivity contribution in [2.75, 3.05) is 0 Å². The second kappa shape index (κ2) is 1.14. The molecule has 0 saturated heterocycles. The molecule has 0 heterocycles. The summed E-state index contributed by atoms with van der Waals surface area (Å²) in [7, 11) is 0.